The minimum atomic E-state index is -0.462. The molecule has 6 heteroatoms. The van der Waals surface area contributed by atoms with Crippen molar-refractivity contribution in [3.63, 3.8) is 0 Å². The molecular formula is C18H27FN2O3. The average molecular weight is 338 g/mol. The Labute approximate surface area is 142 Å². The van der Waals surface area contributed by atoms with Gasteiger partial charge in [0.1, 0.15) is 5.82 Å². The van der Waals surface area contributed by atoms with Crippen molar-refractivity contribution < 1.29 is 19.1 Å². The van der Waals surface area contributed by atoms with Crippen molar-refractivity contribution in [2.24, 2.45) is 5.41 Å². The lowest BCUT2D eigenvalue weighted by molar-refractivity contribution is -0.125. The Bertz CT molecular complexity index is 561. The molecule has 0 bridgehead atoms. The molecule has 1 aromatic rings. The van der Waals surface area contributed by atoms with Crippen LogP contribution in [0.15, 0.2) is 24.3 Å². The maximum Gasteiger partial charge on any atom is 0.220 e. The lowest BCUT2D eigenvalue weighted by atomic mass is 9.90. The van der Waals surface area contributed by atoms with E-state index in [1.807, 2.05) is 0 Å². The van der Waals surface area contributed by atoms with Gasteiger partial charge in [0.25, 0.3) is 0 Å². The summed E-state index contributed by atoms with van der Waals surface area (Å²) in [6.45, 7) is 5.65. The number of hydrogen-bond acceptors (Lipinski definition) is 3. The molecule has 0 saturated carbocycles. The van der Waals surface area contributed by atoms with Crippen LogP contribution in [0.2, 0.25) is 0 Å². The highest BCUT2D eigenvalue weighted by Crippen LogP contribution is 2.18. The van der Waals surface area contributed by atoms with Gasteiger partial charge < -0.3 is 15.7 Å². The summed E-state index contributed by atoms with van der Waals surface area (Å²) in [6.07, 6.45) is 0.747. The Balaban J connectivity index is 2.29. The zero-order valence-corrected chi connectivity index (χ0v) is 14.6. The van der Waals surface area contributed by atoms with E-state index < -0.39 is 5.41 Å². The second-order valence-corrected chi connectivity index (χ2v) is 6.86. The Kier molecular flexibility index (Phi) is 7.85. The van der Waals surface area contributed by atoms with Crippen molar-refractivity contribution in [2.45, 2.75) is 46.1 Å². The van der Waals surface area contributed by atoms with Gasteiger partial charge in [-0.3, -0.25) is 9.59 Å². The van der Waals surface area contributed by atoms with E-state index >= 15 is 0 Å². The Morgan fingerprint density at radius 3 is 2.54 bits per heavy atom. The molecule has 1 aromatic carbocycles. The standard InChI is InChI=1S/C18H27FN2O3/c1-13(11-20-17(24)10-18(2,3)12-22)21-16(23)9-8-14-6-4-5-7-15(14)19/h4-7,13,22H,8-12H2,1-3H3,(H,20,24)(H,21,23)/t13-/m0/s1. The van der Waals surface area contributed by atoms with Crippen molar-refractivity contribution >= 4 is 11.8 Å². The van der Waals surface area contributed by atoms with E-state index in [2.05, 4.69) is 10.6 Å². The number of aliphatic hydroxyl groups excluding tert-OH is 1. The van der Waals surface area contributed by atoms with Gasteiger partial charge in [-0.25, -0.2) is 4.39 Å². The highest BCUT2D eigenvalue weighted by Gasteiger charge is 2.21. The third kappa shape index (κ3) is 7.55. The number of benzene rings is 1. The van der Waals surface area contributed by atoms with Crippen LogP contribution in [0, 0.1) is 11.2 Å². The summed E-state index contributed by atoms with van der Waals surface area (Å²) in [5.74, 6) is -0.658. The van der Waals surface area contributed by atoms with Crippen molar-refractivity contribution in [1.29, 1.82) is 0 Å². The Morgan fingerprint density at radius 1 is 1.25 bits per heavy atom. The number of carbonyl (C=O) groups is 2. The van der Waals surface area contributed by atoms with Crippen molar-refractivity contribution in [1.82, 2.24) is 10.6 Å². The number of rotatable bonds is 9. The van der Waals surface area contributed by atoms with Gasteiger partial charge in [0, 0.05) is 32.0 Å². The predicted octanol–water partition coefficient (Wildman–Crippen LogP) is 1.79. The number of aliphatic hydroxyl groups is 1. The highest BCUT2D eigenvalue weighted by molar-refractivity contribution is 5.78. The SMILES string of the molecule is C[C@@H](CNC(=O)CC(C)(C)CO)NC(=O)CCc1ccccc1F. The monoisotopic (exact) mass is 338 g/mol. The molecule has 5 nitrogen and oxygen atoms in total. The van der Waals surface area contributed by atoms with Gasteiger partial charge in [-0.2, -0.15) is 0 Å². The van der Waals surface area contributed by atoms with Gasteiger partial charge in [0.15, 0.2) is 0 Å². The summed E-state index contributed by atoms with van der Waals surface area (Å²) in [5.41, 5.74) is 0.0518. The van der Waals surface area contributed by atoms with Crippen LogP contribution in [-0.2, 0) is 16.0 Å². The van der Waals surface area contributed by atoms with Crippen LogP contribution < -0.4 is 10.6 Å². The number of halogens is 1. The molecule has 0 fully saturated rings. The molecule has 0 aromatic heterocycles. The number of carbonyl (C=O) groups excluding carboxylic acids is 2. The first-order valence-corrected chi connectivity index (χ1v) is 8.14. The van der Waals surface area contributed by atoms with Gasteiger partial charge in [0.2, 0.25) is 11.8 Å². The van der Waals surface area contributed by atoms with Gasteiger partial charge in [-0.05, 0) is 30.4 Å². The molecule has 24 heavy (non-hydrogen) atoms. The normalized spacial score (nSPS) is 12.5. The first-order valence-electron chi connectivity index (χ1n) is 8.14. The van der Waals surface area contributed by atoms with Crippen molar-refractivity contribution in [3.8, 4) is 0 Å². The van der Waals surface area contributed by atoms with E-state index in [1.54, 1.807) is 39.0 Å². The number of nitrogens with one attached hydrogen (secondary N) is 2. The van der Waals surface area contributed by atoms with Crippen molar-refractivity contribution in [2.75, 3.05) is 13.2 Å². The largest absolute Gasteiger partial charge is 0.396 e. The maximum atomic E-state index is 13.5. The average Bonchev–Trinajstić information content (AvgIpc) is 2.52. The fourth-order valence-electron chi connectivity index (χ4n) is 2.17. The van der Waals surface area contributed by atoms with E-state index in [-0.39, 0.29) is 43.1 Å². The summed E-state index contributed by atoms with van der Waals surface area (Å²) >= 11 is 0. The third-order valence-electron chi connectivity index (χ3n) is 3.66. The Morgan fingerprint density at radius 2 is 1.92 bits per heavy atom. The second-order valence-electron chi connectivity index (χ2n) is 6.86. The lowest BCUT2D eigenvalue weighted by Crippen LogP contribution is -2.42. The molecule has 0 aliphatic heterocycles. The van der Waals surface area contributed by atoms with E-state index in [4.69, 9.17) is 5.11 Å². The first-order chi connectivity index (χ1) is 11.2. The fourth-order valence-corrected chi connectivity index (χ4v) is 2.17. The molecule has 2 amide bonds. The third-order valence-corrected chi connectivity index (χ3v) is 3.66. The Hall–Kier alpha value is -1.95. The van der Waals surface area contributed by atoms with Gasteiger partial charge in [-0.1, -0.05) is 32.0 Å². The molecule has 1 rings (SSSR count). The number of aryl methyl sites for hydroxylation is 1. The summed E-state index contributed by atoms with van der Waals surface area (Å²) in [6, 6.07) is 6.16. The van der Waals surface area contributed by atoms with Crippen LogP contribution in [0.1, 0.15) is 39.2 Å². The second kappa shape index (κ2) is 9.37. The minimum absolute atomic E-state index is 0.0667. The molecule has 134 valence electrons. The summed E-state index contributed by atoms with van der Waals surface area (Å²) in [4.78, 5) is 23.7. The molecule has 0 aliphatic carbocycles. The molecule has 1 atom stereocenters. The van der Waals surface area contributed by atoms with E-state index in [1.165, 1.54) is 6.07 Å². The molecular weight excluding hydrogens is 311 g/mol. The van der Waals surface area contributed by atoms with Crippen LogP contribution in [0.5, 0.6) is 0 Å². The topological polar surface area (TPSA) is 78.4 Å². The maximum absolute atomic E-state index is 13.5. The minimum Gasteiger partial charge on any atom is -0.396 e. The quantitative estimate of drug-likeness (QED) is 0.642. The molecule has 0 aliphatic rings. The number of amides is 2. The van der Waals surface area contributed by atoms with Gasteiger partial charge in [0.05, 0.1) is 0 Å². The fraction of sp³-hybridized carbons (Fsp3) is 0.556. The van der Waals surface area contributed by atoms with Gasteiger partial charge >= 0.3 is 0 Å². The summed E-state index contributed by atoms with van der Waals surface area (Å²) < 4.78 is 13.5. The van der Waals surface area contributed by atoms with Crippen LogP contribution in [0.3, 0.4) is 0 Å². The summed E-state index contributed by atoms with van der Waals surface area (Å²) in [5, 5.41) is 14.7. The predicted molar refractivity (Wildman–Crippen MR) is 90.8 cm³/mol. The van der Waals surface area contributed by atoms with Crippen LogP contribution in [-0.4, -0.2) is 36.1 Å². The lowest BCUT2D eigenvalue weighted by Gasteiger charge is -2.21. The zero-order valence-electron chi connectivity index (χ0n) is 14.6. The molecule has 0 unspecified atom stereocenters. The van der Waals surface area contributed by atoms with Crippen LogP contribution >= 0.6 is 0 Å². The number of hydrogen-bond donors (Lipinski definition) is 3. The summed E-state index contributed by atoms with van der Waals surface area (Å²) in [7, 11) is 0. The smallest absolute Gasteiger partial charge is 0.220 e. The molecule has 0 saturated heterocycles. The molecule has 0 heterocycles. The van der Waals surface area contributed by atoms with Gasteiger partial charge in [-0.15, -0.1) is 0 Å². The molecule has 3 N–H and O–H groups in total. The molecule has 0 radical (unpaired) electrons. The van der Waals surface area contributed by atoms with Crippen LogP contribution in [0.25, 0.3) is 0 Å². The van der Waals surface area contributed by atoms with E-state index in [0.29, 0.717) is 18.5 Å². The van der Waals surface area contributed by atoms with E-state index in [0.717, 1.165) is 0 Å². The zero-order chi connectivity index (χ0) is 18.2. The van der Waals surface area contributed by atoms with E-state index in [9.17, 15) is 14.0 Å². The highest BCUT2D eigenvalue weighted by atomic mass is 19.1. The molecule has 0 spiro atoms. The van der Waals surface area contributed by atoms with Crippen LogP contribution in [0.4, 0.5) is 4.39 Å². The first kappa shape index (κ1) is 20.1. The van der Waals surface area contributed by atoms with Crippen molar-refractivity contribution in [3.05, 3.63) is 35.6 Å².